The van der Waals surface area contributed by atoms with Gasteiger partial charge in [0.1, 0.15) is 101 Å². The molecule has 8 aromatic rings. The van der Waals surface area contributed by atoms with Gasteiger partial charge in [-0.3, -0.25) is 0 Å². The van der Waals surface area contributed by atoms with E-state index in [1.807, 2.05) is 18.2 Å². The lowest BCUT2D eigenvalue weighted by atomic mass is 9.71. The van der Waals surface area contributed by atoms with Crippen molar-refractivity contribution in [2.75, 3.05) is 78.2 Å². The summed E-state index contributed by atoms with van der Waals surface area (Å²) in [5.74, 6) is -2.29. The molecule has 8 aromatic carbocycles. The predicted octanol–water partition coefficient (Wildman–Crippen LogP) is 10.9. The average Bonchev–Trinajstić information content (AvgIpc) is 0.704. The van der Waals surface area contributed by atoms with E-state index in [2.05, 4.69) is 37.9 Å². The molecule has 4 aliphatic heterocycles. The van der Waals surface area contributed by atoms with Gasteiger partial charge < -0.3 is 115 Å². The number of rotatable bonds is 22. The van der Waals surface area contributed by atoms with Crippen LogP contribution in [0.3, 0.4) is 0 Å². The van der Waals surface area contributed by atoms with Crippen molar-refractivity contribution in [3.05, 3.63) is 158 Å². The lowest BCUT2D eigenvalue weighted by Crippen LogP contribution is -2.41. The van der Waals surface area contributed by atoms with E-state index in [0.717, 1.165) is 6.07 Å². The number of hydrogen-bond donors (Lipinski definition) is 5. The van der Waals surface area contributed by atoms with Crippen LogP contribution in [0.15, 0.2) is 97.1 Å². The summed E-state index contributed by atoms with van der Waals surface area (Å²) in [6, 6.07) is 25.9. The summed E-state index contributed by atoms with van der Waals surface area (Å²) in [4.78, 5) is 0. The van der Waals surface area contributed by atoms with Gasteiger partial charge in [-0.15, -0.1) is 0 Å². The molecule has 4 heterocycles. The summed E-state index contributed by atoms with van der Waals surface area (Å²) in [6.07, 6.45) is -9.07. The Balaban J connectivity index is 1.20. The Hall–Kier alpha value is -8.62. The van der Waals surface area contributed by atoms with Crippen molar-refractivity contribution < 1.29 is 115 Å². The largest absolute Gasteiger partial charge is 0.507 e. The van der Waals surface area contributed by atoms with Crippen LogP contribution in [0.1, 0.15) is 103 Å². The molecule has 0 aromatic heterocycles. The van der Waals surface area contributed by atoms with Gasteiger partial charge in [0.15, 0.2) is 70.4 Å². The van der Waals surface area contributed by atoms with E-state index in [0.29, 0.717) is 79.4 Å². The Kier molecular flexibility index (Phi) is 21.0. The Morgan fingerprint density at radius 3 is 1.24 bits per heavy atom. The monoisotopic (exact) mass is 1450 g/mol. The van der Waals surface area contributed by atoms with E-state index >= 15 is 0 Å². The Morgan fingerprint density at radius 2 is 0.740 bits per heavy atom. The topological polar surface area (TPSA) is 277 Å². The molecular formula is C71H75BO24P4. The second-order valence-corrected chi connectivity index (χ2v) is 24.6. The fraction of sp³-hybridized carbons (Fsp3) is 0.324. The van der Waals surface area contributed by atoms with Crippen LogP contribution in [0.2, 0.25) is 0 Å². The number of benzene rings is 8. The van der Waals surface area contributed by atoms with Crippen LogP contribution in [0.4, 0.5) is 0 Å². The SMILES string of the molecule is [B]c1c(OP)cc(OP)c2c1OC(c1ccc(OP)c(OP)c1)C(O)C2c1c(O)cc(O)c2c1OC(c1ccc(O)c(O)c1)C(OC)C2c1c(OC)cc(OC)c2c1OC(c1ccc(OC)c(OC)c1)C(OC)C2c1c(OC)cc(OC)c2c1OC(c1ccc(OC)c(OC)c1)C(OC)C2. The molecule has 15 atom stereocenters. The van der Waals surface area contributed by atoms with Gasteiger partial charge in [0, 0.05) is 91.0 Å². The highest BCUT2D eigenvalue weighted by Crippen LogP contribution is 2.66. The van der Waals surface area contributed by atoms with Crippen molar-refractivity contribution in [1.29, 1.82) is 0 Å². The molecule has 0 amide bonds. The van der Waals surface area contributed by atoms with E-state index in [1.54, 1.807) is 84.1 Å². The van der Waals surface area contributed by atoms with Crippen LogP contribution in [-0.4, -0.2) is 136 Å². The van der Waals surface area contributed by atoms with Crippen molar-refractivity contribution in [3.63, 3.8) is 0 Å². The highest BCUT2D eigenvalue weighted by molar-refractivity contribution is 7.11. The number of methoxy groups -OCH3 is 11. The lowest BCUT2D eigenvalue weighted by Gasteiger charge is -2.46. The quantitative estimate of drug-likeness (QED) is 0.0240. The minimum atomic E-state index is -1.70. The molecular weight excluding hydrogens is 1370 g/mol. The molecule has 100 heavy (non-hydrogen) atoms. The number of phenolic OH excluding ortho intramolecular Hbond substituents is 4. The molecule has 526 valence electrons. The normalized spacial score (nSPS) is 21.7. The van der Waals surface area contributed by atoms with Gasteiger partial charge in [-0.1, -0.05) is 24.3 Å². The van der Waals surface area contributed by atoms with Crippen LogP contribution in [0.25, 0.3) is 0 Å². The fourth-order valence-electron chi connectivity index (χ4n) is 14.5. The number of ether oxygens (including phenoxy) is 15. The molecule has 0 bridgehead atoms. The minimum absolute atomic E-state index is 0.0204. The van der Waals surface area contributed by atoms with Crippen LogP contribution in [0, 0.1) is 0 Å². The molecule has 0 saturated heterocycles. The molecule has 2 radical (unpaired) electrons. The standard InChI is InChI=1S/C71H75BO24P4/c1-78-38-17-13-30(21-42(38)81-4)62-50(86-9)24-33-41(80-3)26-45(83-6)53(66(33)89-62)59-55-47(85-8)27-46(84-7)54(68(55)92-65(71(59)88-11)32-14-18-39(79-2)43(22-32)82-5)58-52-37(76)25-36(75)51(67(52)91-64(70(58)87-10)29-12-16-34(73)35(74)20-29)57-56-48(95-99)28-49(96-100)60(72)69(56)90-63(61(57)77)31-15-19-40(93-97)44(23-31)94-98/h12-23,25-28,50,57-59,61-65,70-71,73-77H,24,97-100H2,1-11H3. The van der Waals surface area contributed by atoms with Crippen LogP contribution in [0.5, 0.6) is 115 Å². The molecule has 0 saturated carbocycles. The average molecular weight is 1450 g/mol. The summed E-state index contributed by atoms with van der Waals surface area (Å²) >= 11 is 0. The molecule has 4 aliphatic rings. The van der Waals surface area contributed by atoms with E-state index < -0.39 is 89.6 Å². The summed E-state index contributed by atoms with van der Waals surface area (Å²) < 4.78 is 121. The van der Waals surface area contributed by atoms with Crippen molar-refractivity contribution in [1.82, 2.24) is 0 Å². The smallest absolute Gasteiger partial charge is 0.165 e. The second kappa shape index (κ2) is 29.5. The second-order valence-electron chi connectivity index (χ2n) is 23.7. The number of phenols is 4. The number of aromatic hydroxyl groups is 4. The first-order chi connectivity index (χ1) is 48.4. The highest BCUT2D eigenvalue weighted by Gasteiger charge is 2.55. The van der Waals surface area contributed by atoms with E-state index in [1.165, 1.54) is 66.9 Å². The third kappa shape index (κ3) is 12.0. The number of aliphatic hydroxyl groups excluding tert-OH is 1. The van der Waals surface area contributed by atoms with Crippen LogP contribution < -0.4 is 80.4 Å². The first-order valence-electron chi connectivity index (χ1n) is 31.0. The molecule has 0 fully saturated rings. The Labute approximate surface area is 587 Å². The van der Waals surface area contributed by atoms with Gasteiger partial charge in [0.05, 0.1) is 112 Å². The van der Waals surface area contributed by atoms with Gasteiger partial charge in [-0.2, -0.15) is 0 Å². The Morgan fingerprint density at radius 1 is 0.340 bits per heavy atom. The number of fused-ring (bicyclic) bond motifs is 4. The van der Waals surface area contributed by atoms with Gasteiger partial charge in [0.2, 0.25) is 0 Å². The number of hydrogen-bond acceptors (Lipinski definition) is 24. The molecule has 15 unspecified atom stereocenters. The van der Waals surface area contributed by atoms with Gasteiger partial charge in [-0.05, 0) is 76.2 Å². The van der Waals surface area contributed by atoms with Crippen molar-refractivity contribution >= 4 is 51.2 Å². The van der Waals surface area contributed by atoms with E-state index in [9.17, 15) is 25.5 Å². The van der Waals surface area contributed by atoms with Crippen molar-refractivity contribution in [2.24, 2.45) is 0 Å². The van der Waals surface area contributed by atoms with Crippen molar-refractivity contribution in [2.45, 2.75) is 73.0 Å². The van der Waals surface area contributed by atoms with E-state index in [-0.39, 0.29) is 85.7 Å². The summed E-state index contributed by atoms with van der Waals surface area (Å²) in [6.45, 7) is 0. The fourth-order valence-corrected chi connectivity index (χ4v) is 15.3. The zero-order valence-corrected chi connectivity index (χ0v) is 60.8. The first kappa shape index (κ1) is 71.2. The zero-order valence-electron chi connectivity index (χ0n) is 56.2. The maximum Gasteiger partial charge on any atom is 0.165 e. The molecule has 0 aliphatic carbocycles. The van der Waals surface area contributed by atoms with E-state index in [4.69, 9.17) is 97.0 Å². The van der Waals surface area contributed by atoms with Gasteiger partial charge >= 0.3 is 0 Å². The number of aliphatic hydroxyl groups is 1. The first-order valence-corrected chi connectivity index (χ1v) is 32.9. The molecule has 12 rings (SSSR count). The minimum Gasteiger partial charge on any atom is -0.507 e. The van der Waals surface area contributed by atoms with Gasteiger partial charge in [0.25, 0.3) is 0 Å². The van der Waals surface area contributed by atoms with Crippen molar-refractivity contribution in [3.8, 4) is 115 Å². The maximum absolute atomic E-state index is 13.5. The summed E-state index contributed by atoms with van der Waals surface area (Å²) in [5.41, 5.74) is 3.35. The maximum atomic E-state index is 13.5. The van der Waals surface area contributed by atoms with Crippen LogP contribution in [-0.2, 0) is 20.6 Å². The highest BCUT2D eigenvalue weighted by atomic mass is 31.0. The predicted molar refractivity (Wildman–Crippen MR) is 378 cm³/mol. The lowest BCUT2D eigenvalue weighted by molar-refractivity contribution is -0.0352. The third-order valence-electron chi connectivity index (χ3n) is 19.0. The summed E-state index contributed by atoms with van der Waals surface area (Å²) in [7, 11) is 32.5. The molecule has 5 N–H and O–H groups in total. The molecule has 29 heteroatoms. The summed E-state index contributed by atoms with van der Waals surface area (Å²) in [5, 5.41) is 62.0. The Bertz CT molecular complexity index is 4410. The van der Waals surface area contributed by atoms with Gasteiger partial charge in [-0.25, -0.2) is 0 Å². The third-order valence-corrected chi connectivity index (χ3v) is 20.1. The molecule has 0 spiro atoms. The van der Waals surface area contributed by atoms with Crippen LogP contribution >= 0.6 is 37.9 Å². The molecule has 24 nitrogen and oxygen atoms in total. The zero-order chi connectivity index (χ0) is 71.3.